The molecular weight excluding hydrogens is 166 g/mol. The predicted molar refractivity (Wildman–Crippen MR) is 49.1 cm³/mol. The van der Waals surface area contributed by atoms with Crippen LogP contribution in [-0.4, -0.2) is 16.6 Å². The van der Waals surface area contributed by atoms with Gasteiger partial charge in [0.05, 0.1) is 24.0 Å². The molecule has 0 spiro atoms. The Kier molecular flexibility index (Phi) is 2.33. The predicted octanol–water partition coefficient (Wildman–Crippen LogP) is 1.28. The van der Waals surface area contributed by atoms with Crippen molar-refractivity contribution >= 4 is 0 Å². The fraction of sp³-hybridized carbons (Fsp3) is 0.667. The molecule has 2 rings (SSSR count). The van der Waals surface area contributed by atoms with Crippen molar-refractivity contribution in [2.45, 2.75) is 31.9 Å². The van der Waals surface area contributed by atoms with E-state index in [1.807, 2.05) is 13.1 Å². The third kappa shape index (κ3) is 1.73. The van der Waals surface area contributed by atoms with Crippen LogP contribution in [-0.2, 0) is 4.74 Å². The molecule has 4 nitrogen and oxygen atoms in total. The number of hydrogen-bond acceptors (Lipinski definition) is 3. The van der Waals surface area contributed by atoms with E-state index in [1.54, 1.807) is 0 Å². The van der Waals surface area contributed by atoms with Crippen LogP contribution in [0.25, 0.3) is 0 Å². The van der Waals surface area contributed by atoms with E-state index in [4.69, 9.17) is 10.5 Å². The smallest absolute Gasteiger partial charge is 0.123 e. The molecule has 1 fully saturated rings. The molecule has 3 N–H and O–H groups in total. The molecule has 2 heterocycles. The highest BCUT2D eigenvalue weighted by atomic mass is 16.5. The molecule has 0 radical (unpaired) electrons. The molecule has 1 aliphatic heterocycles. The fourth-order valence-electron chi connectivity index (χ4n) is 1.57. The first kappa shape index (κ1) is 8.72. The van der Waals surface area contributed by atoms with E-state index in [0.717, 1.165) is 31.0 Å². The molecule has 13 heavy (non-hydrogen) atoms. The van der Waals surface area contributed by atoms with E-state index < -0.39 is 0 Å². The van der Waals surface area contributed by atoms with Gasteiger partial charge >= 0.3 is 0 Å². The average molecular weight is 181 g/mol. The molecule has 0 aromatic carbocycles. The van der Waals surface area contributed by atoms with Gasteiger partial charge in [0.2, 0.25) is 0 Å². The van der Waals surface area contributed by atoms with Crippen molar-refractivity contribution in [3.8, 4) is 0 Å². The Bertz CT molecular complexity index is 276. The zero-order valence-electron chi connectivity index (χ0n) is 7.79. The summed E-state index contributed by atoms with van der Waals surface area (Å²) in [4.78, 5) is 7.39. The molecule has 1 aromatic heterocycles. The number of nitrogens with two attached hydrogens (primary N) is 1. The van der Waals surface area contributed by atoms with E-state index in [-0.39, 0.29) is 12.1 Å². The molecule has 2 unspecified atom stereocenters. The number of nitrogens with one attached hydrogen (secondary N) is 1. The van der Waals surface area contributed by atoms with Crippen molar-refractivity contribution in [3.05, 3.63) is 17.7 Å². The maximum absolute atomic E-state index is 5.69. The van der Waals surface area contributed by atoms with Crippen LogP contribution in [0.5, 0.6) is 0 Å². The number of nitrogens with zero attached hydrogens (tertiary/aromatic N) is 1. The number of aromatic nitrogens is 2. The highest BCUT2D eigenvalue weighted by Gasteiger charge is 2.19. The van der Waals surface area contributed by atoms with Crippen LogP contribution in [0.2, 0.25) is 0 Å². The number of aromatic amines is 1. The minimum absolute atomic E-state index is 0.0323. The van der Waals surface area contributed by atoms with Gasteiger partial charge in [0.15, 0.2) is 0 Å². The lowest BCUT2D eigenvalue weighted by atomic mass is 10.2. The van der Waals surface area contributed by atoms with E-state index >= 15 is 0 Å². The van der Waals surface area contributed by atoms with Gasteiger partial charge in [0.1, 0.15) is 5.82 Å². The Morgan fingerprint density at radius 3 is 3.15 bits per heavy atom. The van der Waals surface area contributed by atoms with Crippen molar-refractivity contribution in [2.24, 2.45) is 5.73 Å². The highest BCUT2D eigenvalue weighted by Crippen LogP contribution is 2.27. The first-order valence-electron chi connectivity index (χ1n) is 4.69. The van der Waals surface area contributed by atoms with Gasteiger partial charge < -0.3 is 15.5 Å². The van der Waals surface area contributed by atoms with Crippen LogP contribution in [0.3, 0.4) is 0 Å². The Labute approximate surface area is 77.5 Å². The second-order valence-electron chi connectivity index (χ2n) is 3.51. The van der Waals surface area contributed by atoms with Crippen molar-refractivity contribution in [2.75, 3.05) is 6.61 Å². The summed E-state index contributed by atoms with van der Waals surface area (Å²) in [5.74, 6) is 0.838. The lowest BCUT2D eigenvalue weighted by molar-refractivity contribution is 0.109. The zero-order chi connectivity index (χ0) is 9.26. The minimum atomic E-state index is -0.0323. The standard InChI is InChI=1S/C9H15N3O/c1-6(10)9-11-5-7(12-9)8-3-2-4-13-8/h5-6,8H,2-4,10H2,1H3,(H,11,12). The Hall–Kier alpha value is -0.870. The van der Waals surface area contributed by atoms with Gasteiger partial charge in [0.25, 0.3) is 0 Å². The van der Waals surface area contributed by atoms with Gasteiger partial charge in [-0.05, 0) is 19.8 Å². The Balaban J connectivity index is 2.12. The van der Waals surface area contributed by atoms with E-state index in [0.29, 0.717) is 0 Å². The fourth-order valence-corrected chi connectivity index (χ4v) is 1.57. The van der Waals surface area contributed by atoms with Gasteiger partial charge in [-0.1, -0.05) is 0 Å². The maximum atomic E-state index is 5.69. The van der Waals surface area contributed by atoms with Crippen LogP contribution in [0.4, 0.5) is 0 Å². The molecule has 1 saturated heterocycles. The number of imidazole rings is 1. The lowest BCUT2D eigenvalue weighted by Gasteiger charge is -2.05. The Morgan fingerprint density at radius 1 is 1.77 bits per heavy atom. The normalized spacial score (nSPS) is 24.9. The number of ether oxygens (including phenoxy) is 1. The monoisotopic (exact) mass is 181 g/mol. The minimum Gasteiger partial charge on any atom is -0.372 e. The molecular formula is C9H15N3O. The number of hydrogen-bond donors (Lipinski definition) is 2. The summed E-state index contributed by atoms with van der Waals surface area (Å²) in [5, 5.41) is 0. The van der Waals surface area contributed by atoms with E-state index in [9.17, 15) is 0 Å². The molecule has 4 heteroatoms. The molecule has 1 aromatic rings. The van der Waals surface area contributed by atoms with Gasteiger partial charge in [-0.2, -0.15) is 0 Å². The van der Waals surface area contributed by atoms with Crippen LogP contribution >= 0.6 is 0 Å². The summed E-state index contributed by atoms with van der Waals surface area (Å²) >= 11 is 0. The van der Waals surface area contributed by atoms with Crippen LogP contribution < -0.4 is 5.73 Å². The van der Waals surface area contributed by atoms with Crippen molar-refractivity contribution < 1.29 is 4.74 Å². The van der Waals surface area contributed by atoms with Crippen molar-refractivity contribution in [1.29, 1.82) is 0 Å². The second kappa shape index (κ2) is 3.47. The summed E-state index contributed by atoms with van der Waals surface area (Å²) in [6.07, 6.45) is 4.26. The summed E-state index contributed by atoms with van der Waals surface area (Å²) in [6, 6.07) is -0.0323. The summed E-state index contributed by atoms with van der Waals surface area (Å²) < 4.78 is 5.52. The SMILES string of the molecule is CC(N)c1ncc(C2CCCO2)[nH]1. The average Bonchev–Trinajstić information content (AvgIpc) is 2.75. The van der Waals surface area contributed by atoms with Gasteiger partial charge in [-0.15, -0.1) is 0 Å². The molecule has 72 valence electrons. The molecule has 0 aliphatic carbocycles. The highest BCUT2D eigenvalue weighted by molar-refractivity contribution is 5.07. The molecule has 0 saturated carbocycles. The van der Waals surface area contributed by atoms with E-state index in [2.05, 4.69) is 9.97 Å². The first-order chi connectivity index (χ1) is 6.27. The summed E-state index contributed by atoms with van der Waals surface area (Å²) in [5.41, 5.74) is 6.75. The third-order valence-electron chi connectivity index (χ3n) is 2.32. The summed E-state index contributed by atoms with van der Waals surface area (Å²) in [6.45, 7) is 2.77. The zero-order valence-corrected chi connectivity index (χ0v) is 7.79. The van der Waals surface area contributed by atoms with Crippen LogP contribution in [0, 0.1) is 0 Å². The molecule has 2 atom stereocenters. The Morgan fingerprint density at radius 2 is 2.62 bits per heavy atom. The molecule has 1 aliphatic rings. The molecule has 0 bridgehead atoms. The van der Waals surface area contributed by atoms with Crippen LogP contribution in [0.15, 0.2) is 6.20 Å². The van der Waals surface area contributed by atoms with Crippen LogP contribution in [0.1, 0.15) is 43.4 Å². The second-order valence-corrected chi connectivity index (χ2v) is 3.51. The number of H-pyrrole nitrogens is 1. The quantitative estimate of drug-likeness (QED) is 0.722. The van der Waals surface area contributed by atoms with Gasteiger partial charge in [-0.25, -0.2) is 4.98 Å². The molecule has 0 amide bonds. The first-order valence-corrected chi connectivity index (χ1v) is 4.69. The van der Waals surface area contributed by atoms with Gasteiger partial charge in [0, 0.05) is 6.61 Å². The maximum Gasteiger partial charge on any atom is 0.123 e. The van der Waals surface area contributed by atoms with E-state index in [1.165, 1.54) is 0 Å². The largest absolute Gasteiger partial charge is 0.372 e. The summed E-state index contributed by atoms with van der Waals surface area (Å²) in [7, 11) is 0. The van der Waals surface area contributed by atoms with Crippen molar-refractivity contribution in [3.63, 3.8) is 0 Å². The lowest BCUT2D eigenvalue weighted by Crippen LogP contribution is -2.07. The van der Waals surface area contributed by atoms with Gasteiger partial charge in [-0.3, -0.25) is 0 Å². The van der Waals surface area contributed by atoms with Crippen molar-refractivity contribution in [1.82, 2.24) is 9.97 Å². The number of rotatable bonds is 2. The topological polar surface area (TPSA) is 63.9 Å². The third-order valence-corrected chi connectivity index (χ3v) is 2.32.